The molecule has 0 radical (unpaired) electrons. The molecule has 1 fully saturated rings. The van der Waals surface area contributed by atoms with E-state index in [0.717, 1.165) is 17.5 Å². The van der Waals surface area contributed by atoms with E-state index in [-0.39, 0.29) is 6.04 Å². The van der Waals surface area contributed by atoms with Crippen LogP contribution in [0.15, 0.2) is 54.6 Å². The molecule has 4 heteroatoms. The van der Waals surface area contributed by atoms with E-state index in [0.29, 0.717) is 6.42 Å². The van der Waals surface area contributed by atoms with E-state index >= 15 is 0 Å². The molecule has 1 aliphatic rings. The highest BCUT2D eigenvalue weighted by Crippen LogP contribution is 2.24. The summed E-state index contributed by atoms with van der Waals surface area (Å²) in [6, 6.07) is 18.4. The monoisotopic (exact) mass is 297 g/mol. The third kappa shape index (κ3) is 3.18. The van der Waals surface area contributed by atoms with Gasteiger partial charge in [0.1, 0.15) is 6.23 Å². The molecule has 0 amide bonds. The molecule has 3 N–H and O–H groups in total. The third-order valence-electron chi connectivity index (χ3n) is 4.19. The van der Waals surface area contributed by atoms with Gasteiger partial charge in [-0.05, 0) is 29.5 Å². The minimum Gasteiger partial charge on any atom is -0.481 e. The zero-order valence-electron chi connectivity index (χ0n) is 12.1. The lowest BCUT2D eigenvalue weighted by molar-refractivity contribution is -0.144. The summed E-state index contributed by atoms with van der Waals surface area (Å²) in [6.07, 6.45) is 0.221. The summed E-state index contributed by atoms with van der Waals surface area (Å²) in [7, 11) is 0. The van der Waals surface area contributed by atoms with Crippen molar-refractivity contribution in [3.63, 3.8) is 0 Å². The minimum atomic E-state index is -0.953. The first kappa shape index (κ1) is 14.8. The highest BCUT2D eigenvalue weighted by atomic mass is 16.4. The molecule has 2 aromatic carbocycles. The van der Waals surface area contributed by atoms with E-state index in [4.69, 9.17) is 5.11 Å². The first-order valence-corrected chi connectivity index (χ1v) is 7.45. The fourth-order valence-corrected chi connectivity index (χ4v) is 2.99. The Morgan fingerprint density at radius 1 is 1.05 bits per heavy atom. The lowest BCUT2D eigenvalue weighted by Gasteiger charge is -2.11. The van der Waals surface area contributed by atoms with Crippen LogP contribution in [-0.2, 0) is 11.2 Å². The van der Waals surface area contributed by atoms with Crippen LogP contribution >= 0.6 is 0 Å². The number of aliphatic carboxylic acids is 1. The van der Waals surface area contributed by atoms with Crippen molar-refractivity contribution in [1.29, 1.82) is 0 Å². The van der Waals surface area contributed by atoms with Crippen molar-refractivity contribution in [3.8, 4) is 11.1 Å². The molecule has 22 heavy (non-hydrogen) atoms. The van der Waals surface area contributed by atoms with Gasteiger partial charge in [0, 0.05) is 6.04 Å². The van der Waals surface area contributed by atoms with Crippen LogP contribution in [0.3, 0.4) is 0 Å². The van der Waals surface area contributed by atoms with E-state index in [1.54, 1.807) is 0 Å². The van der Waals surface area contributed by atoms with Crippen LogP contribution in [-0.4, -0.2) is 28.5 Å². The highest BCUT2D eigenvalue weighted by Gasteiger charge is 2.36. The van der Waals surface area contributed by atoms with E-state index in [9.17, 15) is 9.90 Å². The number of hydrogen-bond donors (Lipinski definition) is 3. The second-order valence-corrected chi connectivity index (χ2v) is 5.76. The SMILES string of the molecule is O=C(O)C1C[C@@H](Cc2ccc(-c3ccccc3)cc2)NC1O. The fraction of sp³-hybridized carbons (Fsp3) is 0.278. The third-order valence-corrected chi connectivity index (χ3v) is 4.19. The van der Waals surface area contributed by atoms with Crippen LogP contribution in [0, 0.1) is 5.92 Å². The Bertz CT molecular complexity index is 639. The van der Waals surface area contributed by atoms with Crippen molar-refractivity contribution in [2.24, 2.45) is 5.92 Å². The molecule has 4 nitrogen and oxygen atoms in total. The fourth-order valence-electron chi connectivity index (χ4n) is 2.99. The van der Waals surface area contributed by atoms with Crippen LogP contribution in [0.2, 0.25) is 0 Å². The Morgan fingerprint density at radius 2 is 1.68 bits per heavy atom. The molecule has 0 aromatic heterocycles. The van der Waals surface area contributed by atoms with Gasteiger partial charge in [-0.2, -0.15) is 0 Å². The smallest absolute Gasteiger partial charge is 0.310 e. The number of hydrogen-bond acceptors (Lipinski definition) is 3. The Morgan fingerprint density at radius 3 is 2.27 bits per heavy atom. The number of benzene rings is 2. The topological polar surface area (TPSA) is 69.6 Å². The van der Waals surface area contributed by atoms with Crippen LogP contribution in [0.5, 0.6) is 0 Å². The number of rotatable bonds is 4. The molecule has 2 unspecified atom stereocenters. The minimum absolute atomic E-state index is 0.00123. The van der Waals surface area contributed by atoms with Gasteiger partial charge in [0.2, 0.25) is 0 Å². The Hall–Kier alpha value is -2.17. The molecule has 2 aromatic rings. The lowest BCUT2D eigenvalue weighted by atomic mass is 9.98. The second kappa shape index (κ2) is 6.30. The quantitative estimate of drug-likeness (QED) is 0.810. The van der Waals surface area contributed by atoms with Crippen molar-refractivity contribution in [1.82, 2.24) is 5.32 Å². The Kier molecular flexibility index (Phi) is 4.22. The average Bonchev–Trinajstić information content (AvgIpc) is 2.90. The summed E-state index contributed by atoms with van der Waals surface area (Å²) < 4.78 is 0. The van der Waals surface area contributed by atoms with Gasteiger partial charge < -0.3 is 10.2 Å². The average molecular weight is 297 g/mol. The maximum absolute atomic E-state index is 11.0. The van der Waals surface area contributed by atoms with Crippen LogP contribution in [0.4, 0.5) is 0 Å². The summed E-state index contributed by atoms with van der Waals surface area (Å²) >= 11 is 0. The number of carbonyl (C=O) groups is 1. The maximum atomic E-state index is 11.0. The molecule has 3 atom stereocenters. The van der Waals surface area contributed by atoms with E-state index in [1.165, 1.54) is 5.56 Å². The van der Waals surface area contributed by atoms with Gasteiger partial charge in [0.15, 0.2) is 0 Å². The molecule has 0 bridgehead atoms. The van der Waals surface area contributed by atoms with Crippen molar-refractivity contribution >= 4 is 5.97 Å². The molecule has 1 heterocycles. The number of carboxylic acids is 1. The van der Waals surface area contributed by atoms with Gasteiger partial charge in [0.05, 0.1) is 5.92 Å². The molecule has 0 aliphatic carbocycles. The maximum Gasteiger partial charge on any atom is 0.310 e. The van der Waals surface area contributed by atoms with Crippen molar-refractivity contribution in [3.05, 3.63) is 60.2 Å². The number of nitrogens with one attached hydrogen (secondary N) is 1. The summed E-state index contributed by atoms with van der Waals surface area (Å²) in [5.41, 5.74) is 3.47. The lowest BCUT2D eigenvalue weighted by Crippen LogP contribution is -2.34. The summed E-state index contributed by atoms with van der Waals surface area (Å²) in [5, 5.41) is 21.7. The van der Waals surface area contributed by atoms with Gasteiger partial charge in [-0.3, -0.25) is 10.1 Å². The standard InChI is InChI=1S/C18H19NO3/c20-17-16(18(21)22)11-15(19-17)10-12-6-8-14(9-7-12)13-4-2-1-3-5-13/h1-9,15-17,19-20H,10-11H2,(H,21,22)/t15-,16?,17?/m1/s1. The normalized spacial score (nSPS) is 24.3. The van der Waals surface area contributed by atoms with Gasteiger partial charge in [0.25, 0.3) is 0 Å². The van der Waals surface area contributed by atoms with Crippen molar-refractivity contribution in [2.75, 3.05) is 0 Å². The zero-order chi connectivity index (χ0) is 15.5. The largest absolute Gasteiger partial charge is 0.481 e. The first-order chi connectivity index (χ1) is 10.6. The van der Waals surface area contributed by atoms with E-state index in [1.807, 2.05) is 18.2 Å². The molecule has 1 saturated heterocycles. The predicted molar refractivity (Wildman–Crippen MR) is 84.3 cm³/mol. The summed E-state index contributed by atoms with van der Waals surface area (Å²) in [4.78, 5) is 11.0. The Balaban J connectivity index is 1.66. The van der Waals surface area contributed by atoms with Crippen LogP contribution in [0.25, 0.3) is 11.1 Å². The number of carboxylic acid groups (broad SMARTS) is 1. The van der Waals surface area contributed by atoms with Crippen molar-refractivity contribution < 1.29 is 15.0 Å². The predicted octanol–water partition coefficient (Wildman–Crippen LogP) is 2.28. The number of aliphatic hydroxyl groups is 1. The van der Waals surface area contributed by atoms with Gasteiger partial charge >= 0.3 is 5.97 Å². The molecule has 114 valence electrons. The second-order valence-electron chi connectivity index (χ2n) is 5.76. The molecule has 0 spiro atoms. The first-order valence-electron chi connectivity index (χ1n) is 7.45. The van der Waals surface area contributed by atoms with E-state index < -0.39 is 18.1 Å². The highest BCUT2D eigenvalue weighted by molar-refractivity contribution is 5.71. The van der Waals surface area contributed by atoms with E-state index in [2.05, 4.69) is 41.7 Å². The number of aliphatic hydroxyl groups excluding tert-OH is 1. The molecule has 3 rings (SSSR count). The van der Waals surface area contributed by atoms with Crippen LogP contribution in [0.1, 0.15) is 12.0 Å². The van der Waals surface area contributed by atoms with Gasteiger partial charge in [-0.25, -0.2) is 0 Å². The molecular weight excluding hydrogens is 278 g/mol. The summed E-state index contributed by atoms with van der Waals surface area (Å²) in [5.74, 6) is -1.66. The van der Waals surface area contributed by atoms with Gasteiger partial charge in [-0.15, -0.1) is 0 Å². The molecule has 0 saturated carbocycles. The van der Waals surface area contributed by atoms with Crippen molar-refractivity contribution in [2.45, 2.75) is 25.1 Å². The van der Waals surface area contributed by atoms with Gasteiger partial charge in [-0.1, -0.05) is 54.6 Å². The summed E-state index contributed by atoms with van der Waals surface area (Å²) in [6.45, 7) is 0. The molecule has 1 aliphatic heterocycles. The van der Waals surface area contributed by atoms with Crippen LogP contribution < -0.4 is 5.32 Å². The molecular formula is C18H19NO3. The Labute approximate surface area is 129 Å². The zero-order valence-corrected chi connectivity index (χ0v) is 12.1.